The number of nitriles is 1. The van der Waals surface area contributed by atoms with Gasteiger partial charge in [0.05, 0.1) is 18.8 Å². The summed E-state index contributed by atoms with van der Waals surface area (Å²) in [6.07, 6.45) is 3.31. The summed E-state index contributed by atoms with van der Waals surface area (Å²) in [6, 6.07) is 3.87. The molecule has 0 unspecified atom stereocenters. The minimum atomic E-state index is 0.390. The van der Waals surface area contributed by atoms with Crippen LogP contribution in [0.4, 0.5) is 0 Å². The van der Waals surface area contributed by atoms with Crippen molar-refractivity contribution < 1.29 is 4.74 Å². The van der Waals surface area contributed by atoms with Crippen molar-refractivity contribution in [3.8, 4) is 11.8 Å². The molecule has 0 spiro atoms. The van der Waals surface area contributed by atoms with E-state index in [1.165, 1.54) is 0 Å². The van der Waals surface area contributed by atoms with Crippen molar-refractivity contribution in [3.05, 3.63) is 24.2 Å². The van der Waals surface area contributed by atoms with Gasteiger partial charge in [0.1, 0.15) is 11.8 Å². The van der Waals surface area contributed by atoms with Crippen LogP contribution in [0.3, 0.4) is 0 Å². The molecule has 2 aromatic rings. The number of nitrogens with zero attached hydrogens (tertiary/aromatic N) is 2. The predicted octanol–water partition coefficient (Wildman–Crippen LogP) is 1.44. The Hall–Kier alpha value is -2.02. The molecule has 0 saturated heterocycles. The van der Waals surface area contributed by atoms with E-state index in [0.717, 1.165) is 10.9 Å². The number of H-pyrrole nitrogens is 1. The minimum absolute atomic E-state index is 0.390. The monoisotopic (exact) mass is 173 g/mol. The lowest BCUT2D eigenvalue weighted by Crippen LogP contribution is -1.89. The number of aromatic nitrogens is 2. The molecule has 4 nitrogen and oxygen atoms in total. The lowest BCUT2D eigenvalue weighted by atomic mass is 10.2. The third-order valence-electron chi connectivity index (χ3n) is 1.89. The zero-order valence-corrected chi connectivity index (χ0v) is 7.03. The summed E-state index contributed by atoms with van der Waals surface area (Å²) >= 11 is 0. The third kappa shape index (κ3) is 1.02. The molecule has 4 heteroatoms. The molecule has 0 saturated carbocycles. The van der Waals surface area contributed by atoms with E-state index in [2.05, 4.69) is 9.97 Å². The Labute approximate surface area is 74.8 Å². The van der Waals surface area contributed by atoms with E-state index in [-0.39, 0.29) is 0 Å². The molecule has 0 amide bonds. The van der Waals surface area contributed by atoms with Gasteiger partial charge in [-0.15, -0.1) is 0 Å². The highest BCUT2D eigenvalue weighted by atomic mass is 16.5. The van der Waals surface area contributed by atoms with Gasteiger partial charge in [-0.2, -0.15) is 5.26 Å². The molecule has 2 rings (SSSR count). The van der Waals surface area contributed by atoms with Crippen LogP contribution in [0.5, 0.6) is 5.75 Å². The molecule has 0 aliphatic rings. The van der Waals surface area contributed by atoms with Crippen molar-refractivity contribution >= 4 is 10.9 Å². The second-order valence-electron chi connectivity index (χ2n) is 2.55. The highest BCUT2D eigenvalue weighted by Gasteiger charge is 2.07. The van der Waals surface area contributed by atoms with E-state index >= 15 is 0 Å². The maximum Gasteiger partial charge on any atom is 0.164 e. The lowest BCUT2D eigenvalue weighted by molar-refractivity contribution is 0.418. The van der Waals surface area contributed by atoms with Crippen molar-refractivity contribution in [2.75, 3.05) is 7.11 Å². The fourth-order valence-corrected chi connectivity index (χ4v) is 1.28. The standard InChI is InChI=1S/C9H7N3O/c1-13-8-5-12-7(4-10)9-6(8)2-3-11-9/h2-3,5,11H,1H3. The van der Waals surface area contributed by atoms with Gasteiger partial charge in [0.2, 0.25) is 0 Å². The summed E-state index contributed by atoms with van der Waals surface area (Å²) in [5, 5.41) is 9.63. The summed E-state index contributed by atoms with van der Waals surface area (Å²) in [5.41, 5.74) is 1.11. The van der Waals surface area contributed by atoms with Crippen LogP contribution in [0.1, 0.15) is 5.69 Å². The summed E-state index contributed by atoms with van der Waals surface area (Å²) in [7, 11) is 1.58. The molecule has 0 aromatic carbocycles. The number of pyridine rings is 1. The Balaban J connectivity index is 2.83. The van der Waals surface area contributed by atoms with Crippen LogP contribution < -0.4 is 4.74 Å². The number of rotatable bonds is 1. The predicted molar refractivity (Wildman–Crippen MR) is 47.4 cm³/mol. The summed E-state index contributed by atoms with van der Waals surface area (Å²) in [4.78, 5) is 6.90. The summed E-state index contributed by atoms with van der Waals surface area (Å²) < 4.78 is 5.09. The van der Waals surface area contributed by atoms with Crippen LogP contribution in [0, 0.1) is 11.3 Å². The molecule has 1 N–H and O–H groups in total. The van der Waals surface area contributed by atoms with Crippen LogP contribution in [-0.4, -0.2) is 17.1 Å². The van der Waals surface area contributed by atoms with E-state index in [1.807, 2.05) is 12.1 Å². The Bertz CT molecular complexity index is 481. The maximum atomic E-state index is 8.74. The first kappa shape index (κ1) is 7.62. The van der Waals surface area contributed by atoms with Crippen LogP contribution >= 0.6 is 0 Å². The van der Waals surface area contributed by atoms with Gasteiger partial charge in [0.15, 0.2) is 5.69 Å². The Morgan fingerprint density at radius 1 is 1.62 bits per heavy atom. The lowest BCUT2D eigenvalue weighted by Gasteiger charge is -2.00. The maximum absolute atomic E-state index is 8.74. The van der Waals surface area contributed by atoms with E-state index in [1.54, 1.807) is 19.5 Å². The number of hydrogen-bond acceptors (Lipinski definition) is 3. The summed E-state index contributed by atoms with van der Waals surface area (Å²) in [6.45, 7) is 0. The van der Waals surface area contributed by atoms with Gasteiger partial charge in [-0.05, 0) is 6.07 Å². The number of nitrogens with one attached hydrogen (secondary N) is 1. The number of ether oxygens (including phenoxy) is 1. The van der Waals surface area contributed by atoms with Gasteiger partial charge < -0.3 is 9.72 Å². The molecule has 0 atom stereocenters. The van der Waals surface area contributed by atoms with Crippen LogP contribution in [0.2, 0.25) is 0 Å². The van der Waals surface area contributed by atoms with Gasteiger partial charge in [-0.1, -0.05) is 0 Å². The first-order valence-electron chi connectivity index (χ1n) is 3.77. The third-order valence-corrected chi connectivity index (χ3v) is 1.89. The van der Waals surface area contributed by atoms with Crippen LogP contribution in [-0.2, 0) is 0 Å². The van der Waals surface area contributed by atoms with Crippen molar-refractivity contribution in [2.24, 2.45) is 0 Å². The first-order chi connectivity index (χ1) is 6.36. The minimum Gasteiger partial charge on any atom is -0.494 e. The molecule has 64 valence electrons. The van der Waals surface area contributed by atoms with E-state index in [4.69, 9.17) is 10.00 Å². The highest BCUT2D eigenvalue weighted by Crippen LogP contribution is 2.24. The quantitative estimate of drug-likeness (QED) is 0.709. The normalized spacial score (nSPS) is 9.85. The number of hydrogen-bond donors (Lipinski definition) is 1. The van der Waals surface area contributed by atoms with Gasteiger partial charge in [-0.3, -0.25) is 0 Å². The molecule has 13 heavy (non-hydrogen) atoms. The smallest absolute Gasteiger partial charge is 0.164 e. The first-order valence-corrected chi connectivity index (χ1v) is 3.77. The van der Waals surface area contributed by atoms with Crippen LogP contribution in [0.15, 0.2) is 18.5 Å². The van der Waals surface area contributed by atoms with Crippen molar-refractivity contribution in [1.82, 2.24) is 9.97 Å². The zero-order valence-electron chi connectivity index (χ0n) is 7.03. The molecule has 0 fully saturated rings. The number of aromatic amines is 1. The second kappa shape index (κ2) is 2.79. The van der Waals surface area contributed by atoms with Gasteiger partial charge in [0, 0.05) is 11.6 Å². The molecule has 2 heterocycles. The van der Waals surface area contributed by atoms with Crippen molar-refractivity contribution in [1.29, 1.82) is 5.26 Å². The average molecular weight is 173 g/mol. The molecule has 0 aliphatic carbocycles. The largest absolute Gasteiger partial charge is 0.494 e. The molecular formula is C9H7N3O. The summed E-state index contributed by atoms with van der Waals surface area (Å²) in [5.74, 6) is 0.676. The Kier molecular flexibility index (Phi) is 1.64. The van der Waals surface area contributed by atoms with Crippen LogP contribution in [0.25, 0.3) is 10.9 Å². The molecule has 0 bridgehead atoms. The van der Waals surface area contributed by atoms with Crippen molar-refractivity contribution in [2.45, 2.75) is 0 Å². The fraction of sp³-hybridized carbons (Fsp3) is 0.111. The Morgan fingerprint density at radius 2 is 2.46 bits per heavy atom. The second-order valence-corrected chi connectivity index (χ2v) is 2.55. The molecule has 0 aliphatic heterocycles. The van der Waals surface area contributed by atoms with Gasteiger partial charge >= 0.3 is 0 Å². The van der Waals surface area contributed by atoms with Crippen molar-refractivity contribution in [3.63, 3.8) is 0 Å². The topological polar surface area (TPSA) is 61.7 Å². The fourth-order valence-electron chi connectivity index (χ4n) is 1.28. The zero-order chi connectivity index (χ0) is 9.26. The van der Waals surface area contributed by atoms with E-state index in [9.17, 15) is 0 Å². The number of methoxy groups -OCH3 is 1. The highest BCUT2D eigenvalue weighted by molar-refractivity contribution is 5.88. The SMILES string of the molecule is COc1cnc(C#N)c2[nH]ccc12. The molecular weight excluding hydrogens is 166 g/mol. The molecule has 0 radical (unpaired) electrons. The van der Waals surface area contributed by atoms with Gasteiger partial charge in [-0.25, -0.2) is 4.98 Å². The van der Waals surface area contributed by atoms with E-state index in [0.29, 0.717) is 11.4 Å². The Morgan fingerprint density at radius 3 is 3.15 bits per heavy atom. The van der Waals surface area contributed by atoms with Gasteiger partial charge in [0.25, 0.3) is 0 Å². The van der Waals surface area contributed by atoms with E-state index < -0.39 is 0 Å². The average Bonchev–Trinajstić information content (AvgIpc) is 2.64. The molecule has 2 aromatic heterocycles. The number of fused-ring (bicyclic) bond motifs is 1.